The Morgan fingerprint density at radius 3 is 2.86 bits per heavy atom. The van der Waals surface area contributed by atoms with E-state index in [4.69, 9.17) is 15.6 Å². The topological polar surface area (TPSA) is 72.5 Å². The highest BCUT2D eigenvalue weighted by Crippen LogP contribution is 2.22. The number of carboxylic acids is 1. The van der Waals surface area contributed by atoms with Gasteiger partial charge in [0.15, 0.2) is 6.61 Å². The molecule has 3 N–H and O–H groups in total. The number of aryl methyl sites for hydroxylation is 1. The predicted molar refractivity (Wildman–Crippen MR) is 53.4 cm³/mol. The molecule has 1 aromatic rings. The zero-order valence-electron chi connectivity index (χ0n) is 7.99. The average Bonchev–Trinajstić information content (AvgIpc) is 2.15. The van der Waals surface area contributed by atoms with E-state index < -0.39 is 5.97 Å². The Hall–Kier alpha value is -1.71. The molecule has 0 fully saturated rings. The Bertz CT molecular complexity index is 336. The Morgan fingerprint density at radius 1 is 1.57 bits per heavy atom. The minimum absolute atomic E-state index is 0.337. The number of hydrogen-bond donors (Lipinski definition) is 2. The van der Waals surface area contributed by atoms with Gasteiger partial charge >= 0.3 is 5.97 Å². The van der Waals surface area contributed by atoms with Crippen molar-refractivity contribution in [3.05, 3.63) is 23.8 Å². The van der Waals surface area contributed by atoms with Crippen LogP contribution in [0.3, 0.4) is 0 Å². The maximum absolute atomic E-state index is 10.3. The molecule has 1 rings (SSSR count). The average molecular weight is 195 g/mol. The van der Waals surface area contributed by atoms with Crippen LogP contribution in [0.1, 0.15) is 12.5 Å². The summed E-state index contributed by atoms with van der Waals surface area (Å²) in [5.74, 6) is -0.440. The van der Waals surface area contributed by atoms with E-state index >= 15 is 0 Å². The summed E-state index contributed by atoms with van der Waals surface area (Å²) in [6.45, 7) is 1.63. The number of hydrogen-bond acceptors (Lipinski definition) is 3. The highest BCUT2D eigenvalue weighted by atomic mass is 16.5. The van der Waals surface area contributed by atoms with E-state index in [2.05, 4.69) is 0 Å². The molecule has 0 aromatic heterocycles. The first kappa shape index (κ1) is 10.4. The van der Waals surface area contributed by atoms with Crippen LogP contribution in [-0.4, -0.2) is 17.7 Å². The minimum atomic E-state index is -0.991. The van der Waals surface area contributed by atoms with Crippen molar-refractivity contribution in [2.45, 2.75) is 13.3 Å². The monoisotopic (exact) mass is 195 g/mol. The molecule has 0 bridgehead atoms. The summed E-state index contributed by atoms with van der Waals surface area (Å²) in [4.78, 5) is 10.3. The lowest BCUT2D eigenvalue weighted by atomic mass is 10.1. The number of anilines is 1. The predicted octanol–water partition coefficient (Wildman–Crippen LogP) is 1.29. The molecule has 4 nitrogen and oxygen atoms in total. The van der Waals surface area contributed by atoms with Crippen LogP contribution in [0.4, 0.5) is 5.69 Å². The molecule has 0 unspecified atom stereocenters. The minimum Gasteiger partial charge on any atom is -0.482 e. The molecule has 0 aliphatic heterocycles. The molecule has 0 amide bonds. The fourth-order valence-electron chi connectivity index (χ4n) is 1.14. The smallest absolute Gasteiger partial charge is 0.341 e. The second-order valence-corrected chi connectivity index (χ2v) is 2.90. The molecule has 4 heteroatoms. The molecule has 0 spiro atoms. The number of ether oxygens (including phenoxy) is 1. The van der Waals surface area contributed by atoms with Gasteiger partial charge in [-0.25, -0.2) is 4.79 Å². The van der Waals surface area contributed by atoms with Crippen LogP contribution >= 0.6 is 0 Å². The third-order valence-electron chi connectivity index (χ3n) is 1.82. The SMILES string of the molecule is CCc1ccc(N)cc1OCC(=O)O. The molecule has 14 heavy (non-hydrogen) atoms. The van der Waals surface area contributed by atoms with Crippen molar-refractivity contribution in [2.75, 3.05) is 12.3 Å². The van der Waals surface area contributed by atoms with E-state index in [-0.39, 0.29) is 6.61 Å². The van der Waals surface area contributed by atoms with Crippen molar-refractivity contribution in [1.29, 1.82) is 0 Å². The molecular weight excluding hydrogens is 182 g/mol. The van der Waals surface area contributed by atoms with Crippen molar-refractivity contribution in [3.8, 4) is 5.75 Å². The van der Waals surface area contributed by atoms with Crippen molar-refractivity contribution < 1.29 is 14.6 Å². The third kappa shape index (κ3) is 2.65. The van der Waals surface area contributed by atoms with E-state index in [1.807, 2.05) is 13.0 Å². The fraction of sp³-hybridized carbons (Fsp3) is 0.300. The van der Waals surface area contributed by atoms with Crippen molar-refractivity contribution in [1.82, 2.24) is 0 Å². The van der Waals surface area contributed by atoms with Crippen LogP contribution in [-0.2, 0) is 11.2 Å². The molecule has 0 radical (unpaired) electrons. The quantitative estimate of drug-likeness (QED) is 0.710. The molecule has 1 aromatic carbocycles. The lowest BCUT2D eigenvalue weighted by Crippen LogP contribution is -2.10. The van der Waals surface area contributed by atoms with Gasteiger partial charge in [0.05, 0.1) is 0 Å². The van der Waals surface area contributed by atoms with Crippen LogP contribution < -0.4 is 10.5 Å². The normalized spacial score (nSPS) is 9.79. The van der Waals surface area contributed by atoms with Gasteiger partial charge in [-0.3, -0.25) is 0 Å². The molecule has 0 aliphatic carbocycles. The molecule has 0 saturated heterocycles. The highest BCUT2D eigenvalue weighted by molar-refractivity contribution is 5.68. The largest absolute Gasteiger partial charge is 0.482 e. The molecule has 0 atom stereocenters. The number of carbonyl (C=O) groups is 1. The molecule has 0 saturated carbocycles. The highest BCUT2D eigenvalue weighted by Gasteiger charge is 2.04. The second-order valence-electron chi connectivity index (χ2n) is 2.90. The van der Waals surface area contributed by atoms with E-state index in [1.165, 1.54) is 0 Å². The molecule has 76 valence electrons. The zero-order chi connectivity index (χ0) is 10.6. The Morgan fingerprint density at radius 2 is 2.29 bits per heavy atom. The lowest BCUT2D eigenvalue weighted by Gasteiger charge is -2.08. The van der Waals surface area contributed by atoms with Gasteiger partial charge in [-0.1, -0.05) is 13.0 Å². The summed E-state index contributed by atoms with van der Waals surface area (Å²) in [6, 6.07) is 5.25. The first-order valence-corrected chi connectivity index (χ1v) is 4.36. The van der Waals surface area contributed by atoms with Crippen molar-refractivity contribution in [3.63, 3.8) is 0 Å². The van der Waals surface area contributed by atoms with Gasteiger partial charge < -0.3 is 15.6 Å². The standard InChI is InChI=1S/C10H13NO3/c1-2-7-3-4-8(11)5-9(7)14-6-10(12)13/h3-5H,2,6,11H2,1H3,(H,12,13). The molecular formula is C10H13NO3. The van der Waals surface area contributed by atoms with Gasteiger partial charge in [-0.2, -0.15) is 0 Å². The van der Waals surface area contributed by atoms with E-state index in [9.17, 15) is 4.79 Å². The summed E-state index contributed by atoms with van der Waals surface area (Å²) in [7, 11) is 0. The fourth-order valence-corrected chi connectivity index (χ4v) is 1.14. The number of rotatable bonds is 4. The van der Waals surface area contributed by atoms with Gasteiger partial charge in [-0.05, 0) is 18.1 Å². The van der Waals surface area contributed by atoms with Gasteiger partial charge in [0.25, 0.3) is 0 Å². The van der Waals surface area contributed by atoms with Gasteiger partial charge in [0.1, 0.15) is 5.75 Å². The first-order valence-electron chi connectivity index (χ1n) is 4.36. The van der Waals surface area contributed by atoms with Crippen LogP contribution in [0, 0.1) is 0 Å². The van der Waals surface area contributed by atoms with Crippen LogP contribution in [0.2, 0.25) is 0 Å². The lowest BCUT2D eigenvalue weighted by molar-refractivity contribution is -0.139. The van der Waals surface area contributed by atoms with Crippen molar-refractivity contribution >= 4 is 11.7 Å². The van der Waals surface area contributed by atoms with Crippen LogP contribution in [0.25, 0.3) is 0 Å². The maximum atomic E-state index is 10.3. The maximum Gasteiger partial charge on any atom is 0.341 e. The first-order chi connectivity index (χ1) is 6.63. The molecule has 0 heterocycles. The summed E-state index contributed by atoms with van der Waals surface area (Å²) >= 11 is 0. The summed E-state index contributed by atoms with van der Waals surface area (Å²) in [6.07, 6.45) is 0.787. The third-order valence-corrected chi connectivity index (χ3v) is 1.82. The Labute approximate surface area is 82.3 Å². The number of nitrogens with two attached hydrogens (primary N) is 1. The number of aliphatic carboxylic acids is 1. The summed E-state index contributed by atoms with van der Waals surface area (Å²) < 4.78 is 5.09. The van der Waals surface area contributed by atoms with Crippen molar-refractivity contribution in [2.24, 2.45) is 0 Å². The van der Waals surface area contributed by atoms with Gasteiger partial charge in [-0.15, -0.1) is 0 Å². The zero-order valence-corrected chi connectivity index (χ0v) is 7.99. The summed E-state index contributed by atoms with van der Waals surface area (Å²) in [5, 5.41) is 8.45. The van der Waals surface area contributed by atoms with E-state index in [1.54, 1.807) is 12.1 Å². The number of benzene rings is 1. The summed E-state index contributed by atoms with van der Waals surface area (Å²) in [5.41, 5.74) is 7.09. The Balaban J connectivity index is 2.82. The van der Waals surface area contributed by atoms with Crippen LogP contribution in [0.15, 0.2) is 18.2 Å². The van der Waals surface area contributed by atoms with Gasteiger partial charge in [0.2, 0.25) is 0 Å². The van der Waals surface area contributed by atoms with E-state index in [0.717, 1.165) is 12.0 Å². The second kappa shape index (κ2) is 4.50. The van der Waals surface area contributed by atoms with Crippen LogP contribution in [0.5, 0.6) is 5.75 Å². The molecule has 0 aliphatic rings. The van der Waals surface area contributed by atoms with E-state index in [0.29, 0.717) is 11.4 Å². The number of nitrogen functional groups attached to an aromatic ring is 1. The van der Waals surface area contributed by atoms with Gasteiger partial charge in [0, 0.05) is 11.8 Å². The Kier molecular flexibility index (Phi) is 3.34. The number of carboxylic acid groups (broad SMARTS) is 1.